The van der Waals surface area contributed by atoms with E-state index < -0.39 is 0 Å². The normalized spacial score (nSPS) is 17.0. The monoisotopic (exact) mass is 344 g/mol. The zero-order valence-corrected chi connectivity index (χ0v) is 15.1. The average molecular weight is 344 g/mol. The maximum absolute atomic E-state index is 12.8. The van der Waals surface area contributed by atoms with Crippen LogP contribution in [0.3, 0.4) is 0 Å². The number of carbonyl (C=O) groups excluding carboxylic acids is 1. The van der Waals surface area contributed by atoms with E-state index in [0.29, 0.717) is 13.1 Å². The molecule has 0 aliphatic carbocycles. The van der Waals surface area contributed by atoms with Gasteiger partial charge in [-0.15, -0.1) is 11.3 Å². The molecule has 1 aliphatic rings. The summed E-state index contributed by atoms with van der Waals surface area (Å²) in [5, 5.41) is 1.95. The van der Waals surface area contributed by atoms with Crippen LogP contribution in [0.1, 0.15) is 28.1 Å². The molecule has 0 spiro atoms. The lowest BCUT2D eigenvalue weighted by molar-refractivity contribution is 0.0511. The highest BCUT2D eigenvalue weighted by molar-refractivity contribution is 7.12. The van der Waals surface area contributed by atoms with Crippen molar-refractivity contribution in [2.45, 2.75) is 25.5 Å². The molecule has 4 nitrogen and oxygen atoms in total. The molecular weight excluding hydrogens is 320 g/mol. The van der Waals surface area contributed by atoms with Gasteiger partial charge in [-0.2, -0.15) is 0 Å². The minimum absolute atomic E-state index is 0.0946. The molecule has 0 radical (unpaired) electrons. The van der Waals surface area contributed by atoms with Crippen LogP contribution in [0.4, 0.5) is 5.69 Å². The first-order valence-corrected chi connectivity index (χ1v) is 9.22. The zero-order valence-electron chi connectivity index (χ0n) is 14.3. The Morgan fingerprint density at radius 3 is 2.62 bits per heavy atom. The second-order valence-electron chi connectivity index (χ2n) is 6.36. The molecule has 1 aliphatic heterocycles. The summed E-state index contributed by atoms with van der Waals surface area (Å²) in [5.41, 5.74) is 2.30. The molecule has 1 aromatic carbocycles. The van der Waals surface area contributed by atoms with Gasteiger partial charge in [-0.25, -0.2) is 0 Å². The molecular formula is C19H24N2O2S. The molecule has 0 N–H and O–H groups in total. The van der Waals surface area contributed by atoms with Crippen LogP contribution in [0.25, 0.3) is 0 Å². The predicted octanol–water partition coefficient (Wildman–Crippen LogP) is 3.64. The molecule has 0 saturated carbocycles. The number of nitrogens with zero attached hydrogens (tertiary/aromatic N) is 2. The van der Waals surface area contributed by atoms with E-state index in [9.17, 15) is 4.79 Å². The van der Waals surface area contributed by atoms with Crippen molar-refractivity contribution in [1.29, 1.82) is 0 Å². The first kappa shape index (κ1) is 17.0. The number of anilines is 1. The lowest BCUT2D eigenvalue weighted by Gasteiger charge is -2.25. The number of ether oxygens (including phenoxy) is 1. The largest absolute Gasteiger partial charge is 0.378 e. The molecule has 1 atom stereocenters. The van der Waals surface area contributed by atoms with Crippen molar-refractivity contribution in [3.63, 3.8) is 0 Å². The third-order valence-electron chi connectivity index (χ3n) is 4.29. The average Bonchev–Trinajstić information content (AvgIpc) is 3.28. The summed E-state index contributed by atoms with van der Waals surface area (Å²) in [7, 11) is 4.05. The molecule has 1 fully saturated rings. The van der Waals surface area contributed by atoms with Gasteiger partial charge in [0.15, 0.2) is 0 Å². The van der Waals surface area contributed by atoms with Crippen molar-refractivity contribution in [3.8, 4) is 0 Å². The summed E-state index contributed by atoms with van der Waals surface area (Å²) in [6.07, 6.45) is 2.28. The number of hydrogen-bond donors (Lipinski definition) is 0. The summed E-state index contributed by atoms with van der Waals surface area (Å²) in [6.45, 7) is 2.08. The third-order valence-corrected chi connectivity index (χ3v) is 5.15. The topological polar surface area (TPSA) is 32.8 Å². The van der Waals surface area contributed by atoms with E-state index >= 15 is 0 Å². The van der Waals surface area contributed by atoms with Gasteiger partial charge >= 0.3 is 0 Å². The number of benzene rings is 1. The Bertz CT molecular complexity index is 647. The smallest absolute Gasteiger partial charge is 0.264 e. The van der Waals surface area contributed by atoms with Gasteiger partial charge in [-0.05, 0) is 42.0 Å². The Morgan fingerprint density at radius 2 is 2.04 bits per heavy atom. The second kappa shape index (κ2) is 7.81. The minimum atomic E-state index is 0.0946. The quantitative estimate of drug-likeness (QED) is 0.802. The lowest BCUT2D eigenvalue weighted by Crippen LogP contribution is -2.36. The third kappa shape index (κ3) is 4.16. The second-order valence-corrected chi connectivity index (χ2v) is 7.31. The number of thiophene rings is 1. The molecule has 2 heterocycles. The summed E-state index contributed by atoms with van der Waals surface area (Å²) in [4.78, 5) is 17.6. The molecule has 0 bridgehead atoms. The van der Waals surface area contributed by atoms with Gasteiger partial charge in [-0.1, -0.05) is 18.2 Å². The van der Waals surface area contributed by atoms with Crippen LogP contribution in [0.15, 0.2) is 41.8 Å². The van der Waals surface area contributed by atoms with Crippen LogP contribution in [-0.2, 0) is 11.3 Å². The van der Waals surface area contributed by atoms with E-state index in [1.165, 1.54) is 11.3 Å². The van der Waals surface area contributed by atoms with Gasteiger partial charge in [0, 0.05) is 39.5 Å². The van der Waals surface area contributed by atoms with Crippen molar-refractivity contribution in [1.82, 2.24) is 4.90 Å². The van der Waals surface area contributed by atoms with Gasteiger partial charge in [0.1, 0.15) is 0 Å². The molecule has 3 rings (SSSR count). The van der Waals surface area contributed by atoms with Crippen LogP contribution < -0.4 is 4.90 Å². The maximum atomic E-state index is 12.8. The Kier molecular flexibility index (Phi) is 5.53. The maximum Gasteiger partial charge on any atom is 0.264 e. The van der Waals surface area contributed by atoms with Crippen LogP contribution in [0, 0.1) is 0 Å². The van der Waals surface area contributed by atoms with Gasteiger partial charge in [0.25, 0.3) is 5.91 Å². The van der Waals surface area contributed by atoms with E-state index in [0.717, 1.165) is 35.6 Å². The lowest BCUT2D eigenvalue weighted by atomic mass is 10.1. The summed E-state index contributed by atoms with van der Waals surface area (Å²) < 4.78 is 5.74. The Balaban J connectivity index is 1.74. The molecule has 5 heteroatoms. The van der Waals surface area contributed by atoms with Crippen molar-refractivity contribution in [2.75, 3.05) is 32.1 Å². The predicted molar refractivity (Wildman–Crippen MR) is 98.8 cm³/mol. The van der Waals surface area contributed by atoms with E-state index in [1.54, 1.807) is 0 Å². The van der Waals surface area contributed by atoms with Crippen molar-refractivity contribution in [3.05, 3.63) is 52.2 Å². The number of amides is 1. The van der Waals surface area contributed by atoms with Gasteiger partial charge in [-0.3, -0.25) is 4.79 Å². The van der Waals surface area contributed by atoms with E-state index in [1.807, 2.05) is 36.5 Å². The highest BCUT2D eigenvalue weighted by Crippen LogP contribution is 2.20. The molecule has 0 unspecified atom stereocenters. The Morgan fingerprint density at radius 1 is 1.25 bits per heavy atom. The van der Waals surface area contributed by atoms with Crippen LogP contribution in [-0.4, -0.2) is 44.2 Å². The highest BCUT2D eigenvalue weighted by Gasteiger charge is 2.24. The first-order valence-electron chi connectivity index (χ1n) is 8.34. The van der Waals surface area contributed by atoms with Crippen molar-refractivity contribution in [2.24, 2.45) is 0 Å². The number of carbonyl (C=O) groups is 1. The van der Waals surface area contributed by atoms with Crippen LogP contribution in [0.5, 0.6) is 0 Å². The van der Waals surface area contributed by atoms with Gasteiger partial charge in [0.05, 0.1) is 11.0 Å². The Hall–Kier alpha value is -1.85. The molecule has 1 saturated heterocycles. The van der Waals surface area contributed by atoms with Crippen molar-refractivity contribution >= 4 is 22.9 Å². The standard InChI is InChI=1S/C19H24N2O2S/c1-20(2)16-9-7-15(8-10-16)13-21(14-17-5-3-11-23-17)19(22)18-6-4-12-24-18/h4,6-10,12,17H,3,5,11,13-14H2,1-2H3/t17-/m1/s1. The molecule has 1 aromatic heterocycles. The number of rotatable bonds is 6. The van der Waals surface area contributed by atoms with E-state index in [4.69, 9.17) is 4.74 Å². The minimum Gasteiger partial charge on any atom is -0.378 e. The fourth-order valence-electron chi connectivity index (χ4n) is 2.93. The fraction of sp³-hybridized carbons (Fsp3) is 0.421. The molecule has 1 amide bonds. The van der Waals surface area contributed by atoms with E-state index in [-0.39, 0.29) is 12.0 Å². The van der Waals surface area contributed by atoms with E-state index in [2.05, 4.69) is 29.2 Å². The van der Waals surface area contributed by atoms with Gasteiger partial charge in [0.2, 0.25) is 0 Å². The Labute approximate surface area is 147 Å². The SMILES string of the molecule is CN(C)c1ccc(CN(C[C@H]2CCCO2)C(=O)c2cccs2)cc1. The first-order chi connectivity index (χ1) is 11.6. The molecule has 24 heavy (non-hydrogen) atoms. The van der Waals surface area contributed by atoms with Crippen LogP contribution in [0.2, 0.25) is 0 Å². The summed E-state index contributed by atoms with van der Waals surface area (Å²) in [6, 6.07) is 12.2. The highest BCUT2D eigenvalue weighted by atomic mass is 32.1. The van der Waals surface area contributed by atoms with Crippen LogP contribution >= 0.6 is 11.3 Å². The molecule has 128 valence electrons. The molecule has 2 aromatic rings. The van der Waals surface area contributed by atoms with Crippen molar-refractivity contribution < 1.29 is 9.53 Å². The summed E-state index contributed by atoms with van der Waals surface area (Å²) >= 11 is 1.50. The summed E-state index contributed by atoms with van der Waals surface area (Å²) in [5.74, 6) is 0.0946. The zero-order chi connectivity index (χ0) is 16.9. The number of hydrogen-bond acceptors (Lipinski definition) is 4. The van der Waals surface area contributed by atoms with Gasteiger partial charge < -0.3 is 14.5 Å². The fourth-order valence-corrected chi connectivity index (χ4v) is 3.62.